The molecule has 0 unspecified atom stereocenters. The molecule has 1 aliphatic heterocycles. The van der Waals surface area contributed by atoms with Crippen LogP contribution >= 0.6 is 0 Å². The molecule has 2 heterocycles. The SMILES string of the molecule is NCCc1nc2cc(F)ccc2n1CCN1CCCCC1. The van der Waals surface area contributed by atoms with Gasteiger partial charge in [0.2, 0.25) is 0 Å². The van der Waals surface area contributed by atoms with Crippen LogP contribution in [0, 0.1) is 5.82 Å². The van der Waals surface area contributed by atoms with Gasteiger partial charge in [0.05, 0.1) is 11.0 Å². The van der Waals surface area contributed by atoms with Crippen LogP contribution in [0.3, 0.4) is 0 Å². The summed E-state index contributed by atoms with van der Waals surface area (Å²) in [6.45, 7) is 4.87. The summed E-state index contributed by atoms with van der Waals surface area (Å²) in [4.78, 5) is 7.06. The third-order valence-electron chi connectivity index (χ3n) is 4.25. The molecule has 0 saturated carbocycles. The molecule has 2 N–H and O–H groups in total. The second-order valence-electron chi connectivity index (χ2n) is 5.75. The van der Waals surface area contributed by atoms with Crippen LogP contribution in [0.25, 0.3) is 11.0 Å². The third kappa shape index (κ3) is 3.24. The average molecular weight is 290 g/mol. The van der Waals surface area contributed by atoms with Crippen LogP contribution in [-0.2, 0) is 13.0 Å². The van der Waals surface area contributed by atoms with E-state index in [1.54, 1.807) is 0 Å². The van der Waals surface area contributed by atoms with Gasteiger partial charge in [0.1, 0.15) is 11.6 Å². The van der Waals surface area contributed by atoms with Crippen molar-refractivity contribution >= 4 is 11.0 Å². The first-order valence-electron chi connectivity index (χ1n) is 7.85. The molecule has 0 bridgehead atoms. The molecule has 1 aromatic heterocycles. The third-order valence-corrected chi connectivity index (χ3v) is 4.25. The maximum atomic E-state index is 13.4. The minimum atomic E-state index is -0.234. The van der Waals surface area contributed by atoms with Crippen LogP contribution in [0.2, 0.25) is 0 Å². The largest absolute Gasteiger partial charge is 0.330 e. The molecule has 2 aromatic rings. The lowest BCUT2D eigenvalue weighted by molar-refractivity contribution is 0.221. The van der Waals surface area contributed by atoms with Gasteiger partial charge in [0.15, 0.2) is 0 Å². The molecular formula is C16H23FN4. The molecule has 1 aliphatic rings. The maximum absolute atomic E-state index is 13.4. The Morgan fingerprint density at radius 2 is 1.95 bits per heavy atom. The summed E-state index contributed by atoms with van der Waals surface area (Å²) < 4.78 is 15.6. The Hall–Kier alpha value is -1.46. The molecule has 0 radical (unpaired) electrons. The lowest BCUT2D eigenvalue weighted by Gasteiger charge is -2.26. The minimum absolute atomic E-state index is 0.234. The molecule has 5 heteroatoms. The zero-order chi connectivity index (χ0) is 14.7. The van der Waals surface area contributed by atoms with E-state index in [-0.39, 0.29) is 5.82 Å². The Morgan fingerprint density at radius 3 is 2.71 bits per heavy atom. The highest BCUT2D eigenvalue weighted by atomic mass is 19.1. The zero-order valence-electron chi connectivity index (χ0n) is 12.4. The molecule has 114 valence electrons. The van der Waals surface area contributed by atoms with E-state index in [0.29, 0.717) is 6.54 Å². The van der Waals surface area contributed by atoms with E-state index in [9.17, 15) is 4.39 Å². The molecule has 1 saturated heterocycles. The predicted molar refractivity (Wildman–Crippen MR) is 82.7 cm³/mol. The van der Waals surface area contributed by atoms with Crippen LogP contribution in [0.4, 0.5) is 4.39 Å². The van der Waals surface area contributed by atoms with Crippen LogP contribution in [0.15, 0.2) is 18.2 Å². The van der Waals surface area contributed by atoms with Gasteiger partial charge in [-0.05, 0) is 44.6 Å². The van der Waals surface area contributed by atoms with E-state index in [2.05, 4.69) is 14.5 Å². The summed E-state index contributed by atoms with van der Waals surface area (Å²) in [5.41, 5.74) is 7.43. The minimum Gasteiger partial charge on any atom is -0.330 e. The van der Waals surface area contributed by atoms with Crippen molar-refractivity contribution in [3.05, 3.63) is 29.8 Å². The van der Waals surface area contributed by atoms with Gasteiger partial charge < -0.3 is 15.2 Å². The number of fused-ring (bicyclic) bond motifs is 1. The van der Waals surface area contributed by atoms with Crippen LogP contribution < -0.4 is 5.73 Å². The Kier molecular flexibility index (Phi) is 4.51. The summed E-state index contributed by atoms with van der Waals surface area (Å²) >= 11 is 0. The van der Waals surface area contributed by atoms with Gasteiger partial charge in [0, 0.05) is 25.6 Å². The molecule has 21 heavy (non-hydrogen) atoms. The summed E-state index contributed by atoms with van der Waals surface area (Å²) in [6.07, 6.45) is 4.68. The van der Waals surface area contributed by atoms with Gasteiger partial charge in [-0.2, -0.15) is 0 Å². The number of benzene rings is 1. The second kappa shape index (κ2) is 6.54. The van der Waals surface area contributed by atoms with Crippen molar-refractivity contribution in [3.8, 4) is 0 Å². The topological polar surface area (TPSA) is 47.1 Å². The highest BCUT2D eigenvalue weighted by Crippen LogP contribution is 2.18. The summed E-state index contributed by atoms with van der Waals surface area (Å²) in [5, 5.41) is 0. The fourth-order valence-electron chi connectivity index (χ4n) is 3.15. The molecule has 0 atom stereocenters. The molecule has 0 amide bonds. The number of nitrogens with two attached hydrogens (primary N) is 1. The standard InChI is InChI=1S/C16H23FN4/c17-13-4-5-15-14(12-13)19-16(6-7-18)21(15)11-10-20-8-2-1-3-9-20/h4-5,12H,1-3,6-11,18H2. The van der Waals surface area contributed by atoms with Crippen molar-refractivity contribution in [2.45, 2.75) is 32.2 Å². The Labute approximate surface area is 124 Å². The number of aromatic nitrogens is 2. The van der Waals surface area contributed by atoms with Crippen molar-refractivity contribution in [2.75, 3.05) is 26.2 Å². The number of halogens is 1. The van der Waals surface area contributed by atoms with Crippen molar-refractivity contribution in [3.63, 3.8) is 0 Å². The van der Waals surface area contributed by atoms with Gasteiger partial charge >= 0.3 is 0 Å². The van der Waals surface area contributed by atoms with E-state index >= 15 is 0 Å². The van der Waals surface area contributed by atoms with Crippen molar-refractivity contribution in [1.82, 2.24) is 14.5 Å². The van der Waals surface area contributed by atoms with E-state index in [4.69, 9.17) is 5.73 Å². The first-order valence-corrected chi connectivity index (χ1v) is 7.85. The first-order chi connectivity index (χ1) is 10.3. The number of piperidine rings is 1. The lowest BCUT2D eigenvalue weighted by Crippen LogP contribution is -2.32. The highest BCUT2D eigenvalue weighted by molar-refractivity contribution is 5.76. The van der Waals surface area contributed by atoms with Crippen molar-refractivity contribution in [1.29, 1.82) is 0 Å². The average Bonchev–Trinajstić information content (AvgIpc) is 2.83. The molecular weight excluding hydrogens is 267 g/mol. The number of hydrogen-bond donors (Lipinski definition) is 1. The Morgan fingerprint density at radius 1 is 1.14 bits per heavy atom. The molecule has 1 fully saturated rings. The van der Waals surface area contributed by atoms with Gasteiger partial charge in [-0.1, -0.05) is 6.42 Å². The summed E-state index contributed by atoms with van der Waals surface area (Å²) in [7, 11) is 0. The fraction of sp³-hybridized carbons (Fsp3) is 0.562. The van der Waals surface area contributed by atoms with Gasteiger partial charge in [-0.15, -0.1) is 0 Å². The lowest BCUT2D eigenvalue weighted by atomic mass is 10.1. The van der Waals surface area contributed by atoms with Crippen LogP contribution in [-0.4, -0.2) is 40.6 Å². The maximum Gasteiger partial charge on any atom is 0.125 e. The van der Waals surface area contributed by atoms with Crippen molar-refractivity contribution in [2.24, 2.45) is 5.73 Å². The smallest absolute Gasteiger partial charge is 0.125 e. The van der Waals surface area contributed by atoms with Crippen LogP contribution in [0.5, 0.6) is 0 Å². The fourth-order valence-corrected chi connectivity index (χ4v) is 3.15. The van der Waals surface area contributed by atoms with E-state index < -0.39 is 0 Å². The van der Waals surface area contributed by atoms with Gasteiger partial charge in [-0.25, -0.2) is 9.37 Å². The second-order valence-corrected chi connectivity index (χ2v) is 5.75. The quantitative estimate of drug-likeness (QED) is 0.918. The van der Waals surface area contributed by atoms with E-state index in [1.165, 1.54) is 44.5 Å². The van der Waals surface area contributed by atoms with E-state index in [1.807, 2.05) is 6.07 Å². The molecule has 1 aromatic carbocycles. The number of nitrogens with zero attached hydrogens (tertiary/aromatic N) is 3. The highest BCUT2D eigenvalue weighted by Gasteiger charge is 2.14. The number of imidazole rings is 1. The number of rotatable bonds is 5. The number of hydrogen-bond acceptors (Lipinski definition) is 3. The normalized spacial score (nSPS) is 16.7. The Bertz CT molecular complexity index is 602. The summed E-state index contributed by atoms with van der Waals surface area (Å²) in [6, 6.07) is 4.84. The molecule has 4 nitrogen and oxygen atoms in total. The Balaban J connectivity index is 1.82. The van der Waals surface area contributed by atoms with Crippen LogP contribution in [0.1, 0.15) is 25.1 Å². The number of likely N-dealkylation sites (tertiary alicyclic amines) is 1. The predicted octanol–water partition coefficient (Wildman–Crippen LogP) is 2.16. The van der Waals surface area contributed by atoms with E-state index in [0.717, 1.165) is 36.4 Å². The monoisotopic (exact) mass is 290 g/mol. The molecule has 0 spiro atoms. The van der Waals surface area contributed by atoms with Gasteiger partial charge in [-0.3, -0.25) is 0 Å². The molecule has 3 rings (SSSR count). The first kappa shape index (κ1) is 14.5. The van der Waals surface area contributed by atoms with Crippen molar-refractivity contribution < 1.29 is 4.39 Å². The summed E-state index contributed by atoms with van der Waals surface area (Å²) in [5.74, 6) is 0.734. The molecule has 0 aliphatic carbocycles. The van der Waals surface area contributed by atoms with Gasteiger partial charge in [0.25, 0.3) is 0 Å². The zero-order valence-corrected chi connectivity index (χ0v) is 12.4.